The van der Waals surface area contributed by atoms with Gasteiger partial charge in [0.25, 0.3) is 0 Å². The van der Waals surface area contributed by atoms with Crippen LogP contribution in [0.4, 0.5) is 4.39 Å². The maximum atomic E-state index is 14.1. The summed E-state index contributed by atoms with van der Waals surface area (Å²) in [7, 11) is 0. The highest BCUT2D eigenvalue weighted by molar-refractivity contribution is 5.37. The molecule has 0 aliphatic heterocycles. The molecule has 3 saturated carbocycles. The fraction of sp³-hybridized carbons (Fsp3) is 0.714. The largest absolute Gasteiger partial charge is 0.393 e. The van der Waals surface area contributed by atoms with E-state index in [1.807, 2.05) is 6.08 Å². The number of aliphatic hydroxyl groups excluding tert-OH is 1. The van der Waals surface area contributed by atoms with Crippen LogP contribution in [0.3, 0.4) is 0 Å². The predicted molar refractivity (Wildman–Crippen MR) is 127 cm³/mol. The topological polar surface area (TPSA) is 40.5 Å². The van der Waals surface area contributed by atoms with Crippen molar-refractivity contribution in [3.63, 3.8) is 0 Å². The van der Waals surface area contributed by atoms with Gasteiger partial charge in [0.2, 0.25) is 5.85 Å². The van der Waals surface area contributed by atoms with Gasteiger partial charge >= 0.3 is 0 Å². The van der Waals surface area contributed by atoms with E-state index in [1.54, 1.807) is 0 Å². The smallest absolute Gasteiger partial charge is 0.211 e. The average molecular weight is 431 g/mol. The molecule has 3 heteroatoms. The molecule has 0 spiro atoms. The molecule has 0 aromatic heterocycles. The molecule has 0 heterocycles. The average Bonchev–Trinajstić information content (AvgIpc) is 2.96. The molecular formula is C28H43FO2. The van der Waals surface area contributed by atoms with Crippen LogP contribution in [0, 0.1) is 35.0 Å². The number of halogens is 1. The lowest BCUT2D eigenvalue weighted by molar-refractivity contribution is -0.0970. The first-order valence-electron chi connectivity index (χ1n) is 12.3. The lowest BCUT2D eigenvalue weighted by Gasteiger charge is -2.44. The van der Waals surface area contributed by atoms with E-state index >= 15 is 0 Å². The van der Waals surface area contributed by atoms with Crippen molar-refractivity contribution < 1.29 is 14.6 Å². The Balaban J connectivity index is 1.82. The number of alkyl halides is 1. The minimum Gasteiger partial charge on any atom is -0.393 e. The Morgan fingerprint density at radius 1 is 1.10 bits per heavy atom. The second-order valence-corrected chi connectivity index (χ2v) is 11.2. The third kappa shape index (κ3) is 5.25. The third-order valence-electron chi connectivity index (χ3n) is 8.64. The van der Waals surface area contributed by atoms with E-state index in [-0.39, 0.29) is 30.3 Å². The molecule has 31 heavy (non-hydrogen) atoms. The molecule has 0 aromatic carbocycles. The maximum absolute atomic E-state index is 14.1. The summed E-state index contributed by atoms with van der Waals surface area (Å²) in [6.07, 6.45) is 13.3. The summed E-state index contributed by atoms with van der Waals surface area (Å²) in [5.41, 5.74) is 3.21. The number of rotatable bonds is 5. The first-order chi connectivity index (χ1) is 14.4. The number of fused-ring (bicyclic) bond motifs is 1. The van der Waals surface area contributed by atoms with Crippen LogP contribution in [-0.2, 0) is 0 Å². The van der Waals surface area contributed by atoms with Gasteiger partial charge in [0.05, 0.1) is 6.10 Å². The molecule has 1 unspecified atom stereocenters. The maximum Gasteiger partial charge on any atom is 0.211 e. The summed E-state index contributed by atoms with van der Waals surface area (Å²) >= 11 is 0. The van der Waals surface area contributed by atoms with Crippen LogP contribution in [0.1, 0.15) is 79.6 Å². The van der Waals surface area contributed by atoms with Crippen LogP contribution >= 0.6 is 0 Å². The number of hydrogen-bond donors (Lipinski definition) is 2. The number of hydrogen-bond acceptors (Lipinski definition) is 2. The van der Waals surface area contributed by atoms with Crippen molar-refractivity contribution >= 4 is 0 Å². The molecule has 0 radical (unpaired) electrons. The summed E-state index contributed by atoms with van der Waals surface area (Å²) in [5, 5.41) is 20.9. The van der Waals surface area contributed by atoms with E-state index in [4.69, 9.17) is 0 Å². The molecule has 3 fully saturated rings. The van der Waals surface area contributed by atoms with Crippen molar-refractivity contribution in [1.82, 2.24) is 0 Å². The summed E-state index contributed by atoms with van der Waals surface area (Å²) in [5.74, 6) is -0.00749. The molecule has 0 aromatic rings. The third-order valence-corrected chi connectivity index (χ3v) is 8.64. The van der Waals surface area contributed by atoms with Crippen molar-refractivity contribution in [2.75, 3.05) is 0 Å². The quantitative estimate of drug-likeness (QED) is 0.465. The van der Waals surface area contributed by atoms with Crippen molar-refractivity contribution in [1.29, 1.82) is 0 Å². The molecule has 7 atom stereocenters. The Bertz CT molecular complexity index is 759. The van der Waals surface area contributed by atoms with Crippen LogP contribution in [0.25, 0.3) is 0 Å². The van der Waals surface area contributed by atoms with Gasteiger partial charge in [-0.1, -0.05) is 76.6 Å². The van der Waals surface area contributed by atoms with E-state index in [1.165, 1.54) is 5.57 Å². The van der Waals surface area contributed by atoms with Crippen LogP contribution in [-0.4, -0.2) is 22.2 Å². The SMILES string of the molecule is C=C1CC[C@](O)(F)C/C1=C\C=C1/CCC[C@@]2(C)[C@@H]([C@H](C)/C=C/[C@H](C)C(C)C)C(O)C[C@@H]12. The standard InChI is InChI=1S/C28H43FO2/c1-18(2)19(3)9-10-21(5)26-25(30)16-24-22(8-7-14-27(24,26)6)11-12-23-17-28(29,31)15-13-20(23)4/h9-12,18-19,21,24-26,30-31H,4,7-8,13-17H2,1-3,5-6H3/b10-9+,22-11+,23-12+/t19-,21+,24-,25?,26-,27+,28+/m0/s1. The molecule has 174 valence electrons. The molecule has 2 nitrogen and oxygen atoms in total. The van der Waals surface area contributed by atoms with Gasteiger partial charge in [0.15, 0.2) is 0 Å². The van der Waals surface area contributed by atoms with Crippen LogP contribution in [0.5, 0.6) is 0 Å². The second-order valence-electron chi connectivity index (χ2n) is 11.2. The Kier molecular flexibility index (Phi) is 7.38. The Morgan fingerprint density at radius 3 is 2.48 bits per heavy atom. The zero-order valence-electron chi connectivity index (χ0n) is 20.2. The van der Waals surface area contributed by atoms with Crippen molar-refractivity contribution in [3.8, 4) is 0 Å². The summed E-state index contributed by atoms with van der Waals surface area (Å²) in [6.45, 7) is 15.5. The van der Waals surface area contributed by atoms with Gasteiger partial charge in [-0.15, -0.1) is 0 Å². The first kappa shape index (κ1) is 24.5. The monoisotopic (exact) mass is 430 g/mol. The first-order valence-corrected chi connectivity index (χ1v) is 12.3. The Morgan fingerprint density at radius 2 is 1.81 bits per heavy atom. The van der Waals surface area contributed by atoms with Crippen LogP contribution < -0.4 is 0 Å². The summed E-state index contributed by atoms with van der Waals surface area (Å²) in [6, 6.07) is 0. The fourth-order valence-corrected chi connectivity index (χ4v) is 6.33. The minimum atomic E-state index is -2.11. The highest BCUT2D eigenvalue weighted by Gasteiger charge is 2.54. The zero-order valence-corrected chi connectivity index (χ0v) is 20.2. The highest BCUT2D eigenvalue weighted by atomic mass is 19.2. The van der Waals surface area contributed by atoms with Gasteiger partial charge < -0.3 is 10.2 Å². The number of allylic oxidation sites excluding steroid dienone is 6. The van der Waals surface area contributed by atoms with E-state index in [2.05, 4.69) is 59.4 Å². The molecule has 0 saturated heterocycles. The van der Waals surface area contributed by atoms with Crippen LogP contribution in [0.15, 0.2) is 47.6 Å². The minimum absolute atomic E-state index is 0.0265. The van der Waals surface area contributed by atoms with Gasteiger partial charge in [0, 0.05) is 12.8 Å². The van der Waals surface area contributed by atoms with Crippen LogP contribution in [0.2, 0.25) is 0 Å². The lowest BCUT2D eigenvalue weighted by Crippen LogP contribution is -2.38. The molecule has 3 rings (SSSR count). The van der Waals surface area contributed by atoms with Crippen molar-refractivity contribution in [3.05, 3.63) is 47.6 Å². The normalized spacial score (nSPS) is 41.3. The van der Waals surface area contributed by atoms with Gasteiger partial charge in [-0.3, -0.25) is 0 Å². The zero-order chi connectivity index (χ0) is 23.0. The molecule has 2 N–H and O–H groups in total. The van der Waals surface area contributed by atoms with E-state index < -0.39 is 5.85 Å². The Labute approximate surface area is 189 Å². The number of aliphatic hydroxyl groups is 2. The van der Waals surface area contributed by atoms with Crippen molar-refractivity contribution in [2.24, 2.45) is 35.0 Å². The lowest BCUT2D eigenvalue weighted by atomic mass is 9.61. The van der Waals surface area contributed by atoms with E-state index in [9.17, 15) is 14.6 Å². The molecule has 3 aliphatic rings. The highest BCUT2D eigenvalue weighted by Crippen LogP contribution is 2.59. The summed E-state index contributed by atoms with van der Waals surface area (Å²) in [4.78, 5) is 0. The van der Waals surface area contributed by atoms with E-state index in [0.29, 0.717) is 30.1 Å². The summed E-state index contributed by atoms with van der Waals surface area (Å²) < 4.78 is 14.1. The van der Waals surface area contributed by atoms with Crippen molar-refractivity contribution in [2.45, 2.75) is 91.5 Å². The van der Waals surface area contributed by atoms with Gasteiger partial charge in [-0.25, -0.2) is 4.39 Å². The van der Waals surface area contributed by atoms with Gasteiger partial charge in [-0.2, -0.15) is 0 Å². The Hall–Kier alpha value is -1.19. The fourth-order valence-electron chi connectivity index (χ4n) is 6.33. The van der Waals surface area contributed by atoms with Gasteiger partial charge in [-0.05, 0) is 72.7 Å². The molecule has 0 bridgehead atoms. The second kappa shape index (κ2) is 9.35. The molecule has 3 aliphatic carbocycles. The van der Waals surface area contributed by atoms with E-state index in [0.717, 1.165) is 36.8 Å². The predicted octanol–water partition coefficient (Wildman–Crippen LogP) is 6.91. The molecular weight excluding hydrogens is 387 g/mol. The molecule has 0 amide bonds. The van der Waals surface area contributed by atoms with Gasteiger partial charge in [0.1, 0.15) is 0 Å².